The number of aliphatic hydroxyl groups excluding tert-OH is 1. The predicted molar refractivity (Wildman–Crippen MR) is 53.0 cm³/mol. The third-order valence-corrected chi connectivity index (χ3v) is 2.48. The summed E-state index contributed by atoms with van der Waals surface area (Å²) in [7, 11) is 0. The highest BCUT2D eigenvalue weighted by Gasteiger charge is 2.14. The molecule has 1 fully saturated rings. The number of hydrogen-bond acceptors (Lipinski definition) is 3. The molecular formula is C10H17NO3. The number of aliphatic carboxylic acids is 1. The number of hydrogen-bond donors (Lipinski definition) is 2. The topological polar surface area (TPSA) is 60.8 Å². The molecule has 0 saturated carbocycles. The minimum Gasteiger partial charge on any atom is -0.514 e. The first-order valence-electron chi connectivity index (χ1n) is 5.04. The van der Waals surface area contributed by atoms with Gasteiger partial charge in [-0.05, 0) is 25.7 Å². The molecule has 80 valence electrons. The van der Waals surface area contributed by atoms with Crippen molar-refractivity contribution in [1.82, 2.24) is 4.90 Å². The van der Waals surface area contributed by atoms with E-state index in [1.807, 2.05) is 0 Å². The van der Waals surface area contributed by atoms with E-state index < -0.39 is 5.97 Å². The first kappa shape index (κ1) is 10.9. The number of nitrogens with zero attached hydrogens (tertiary/aromatic N) is 1. The molecule has 0 atom stereocenters. The zero-order chi connectivity index (χ0) is 10.4. The number of likely N-dealkylation sites (tertiary alicyclic amines) is 1. The Balaban J connectivity index is 2.30. The fourth-order valence-corrected chi connectivity index (χ4v) is 1.73. The number of rotatable bonds is 4. The third kappa shape index (κ3) is 3.28. The van der Waals surface area contributed by atoms with E-state index in [4.69, 9.17) is 10.2 Å². The smallest absolute Gasteiger partial charge is 0.303 e. The van der Waals surface area contributed by atoms with Crippen molar-refractivity contribution < 1.29 is 15.0 Å². The molecule has 0 spiro atoms. The molecule has 0 aromatic heterocycles. The Morgan fingerprint density at radius 3 is 2.93 bits per heavy atom. The van der Waals surface area contributed by atoms with E-state index in [-0.39, 0.29) is 6.42 Å². The van der Waals surface area contributed by atoms with Gasteiger partial charge in [0.05, 0.1) is 6.26 Å². The highest BCUT2D eigenvalue weighted by molar-refractivity contribution is 5.66. The molecule has 1 saturated heterocycles. The van der Waals surface area contributed by atoms with Crippen molar-refractivity contribution in [2.45, 2.75) is 32.1 Å². The van der Waals surface area contributed by atoms with Crippen LogP contribution in [0.4, 0.5) is 0 Å². The molecule has 0 unspecified atom stereocenters. The van der Waals surface area contributed by atoms with Crippen LogP contribution in [0.2, 0.25) is 0 Å². The number of piperidine rings is 1. The summed E-state index contributed by atoms with van der Waals surface area (Å²) in [6.07, 6.45) is 5.15. The van der Waals surface area contributed by atoms with Crippen molar-refractivity contribution in [3.63, 3.8) is 0 Å². The van der Waals surface area contributed by atoms with Crippen molar-refractivity contribution in [2.75, 3.05) is 13.1 Å². The monoisotopic (exact) mass is 199 g/mol. The average molecular weight is 199 g/mol. The molecule has 4 heteroatoms. The van der Waals surface area contributed by atoms with Gasteiger partial charge in [0.1, 0.15) is 0 Å². The van der Waals surface area contributed by atoms with Gasteiger partial charge in [-0.3, -0.25) is 4.79 Å². The minimum atomic E-state index is -0.753. The summed E-state index contributed by atoms with van der Waals surface area (Å²) in [6, 6.07) is 0. The summed E-state index contributed by atoms with van der Waals surface area (Å²) in [4.78, 5) is 12.4. The van der Waals surface area contributed by atoms with E-state index >= 15 is 0 Å². The number of carboxylic acids is 1. The van der Waals surface area contributed by atoms with Crippen LogP contribution in [0.1, 0.15) is 32.1 Å². The maximum atomic E-state index is 10.3. The molecule has 0 aliphatic carbocycles. The van der Waals surface area contributed by atoms with Crippen LogP contribution >= 0.6 is 0 Å². The third-order valence-electron chi connectivity index (χ3n) is 2.48. The number of carboxylic acid groups (broad SMARTS) is 1. The van der Waals surface area contributed by atoms with Gasteiger partial charge in [0.2, 0.25) is 0 Å². The molecule has 1 aliphatic rings. The van der Waals surface area contributed by atoms with Crippen LogP contribution < -0.4 is 0 Å². The summed E-state index contributed by atoms with van der Waals surface area (Å²) in [5.74, 6) is -0.753. The Bertz CT molecular complexity index is 225. The van der Waals surface area contributed by atoms with Gasteiger partial charge in [-0.15, -0.1) is 0 Å². The van der Waals surface area contributed by atoms with Gasteiger partial charge < -0.3 is 15.1 Å². The molecule has 0 amide bonds. The summed E-state index contributed by atoms with van der Waals surface area (Å²) in [5.41, 5.74) is 0.946. The second kappa shape index (κ2) is 5.52. The normalized spacial score (nSPS) is 20.0. The lowest BCUT2D eigenvalue weighted by Crippen LogP contribution is -2.29. The Labute approximate surface area is 83.8 Å². The maximum absolute atomic E-state index is 10.3. The van der Waals surface area contributed by atoms with Crippen molar-refractivity contribution in [1.29, 1.82) is 0 Å². The van der Waals surface area contributed by atoms with Crippen LogP contribution in [-0.2, 0) is 4.79 Å². The van der Waals surface area contributed by atoms with Gasteiger partial charge in [-0.25, -0.2) is 0 Å². The Morgan fingerprint density at radius 2 is 2.29 bits per heavy atom. The summed E-state index contributed by atoms with van der Waals surface area (Å²) < 4.78 is 0. The fraction of sp³-hybridized carbons (Fsp3) is 0.700. The largest absolute Gasteiger partial charge is 0.514 e. The molecule has 2 N–H and O–H groups in total. The lowest BCUT2D eigenvalue weighted by molar-refractivity contribution is -0.137. The van der Waals surface area contributed by atoms with Gasteiger partial charge in [-0.2, -0.15) is 0 Å². The molecule has 4 nitrogen and oxygen atoms in total. The van der Waals surface area contributed by atoms with Gasteiger partial charge >= 0.3 is 5.97 Å². The summed E-state index contributed by atoms with van der Waals surface area (Å²) >= 11 is 0. The SMILES string of the molecule is O=C(O)CCCN1CCCCC1=CO. The summed E-state index contributed by atoms with van der Waals surface area (Å²) in [6.45, 7) is 1.67. The van der Waals surface area contributed by atoms with Crippen molar-refractivity contribution in [3.8, 4) is 0 Å². The van der Waals surface area contributed by atoms with Gasteiger partial charge in [0.25, 0.3) is 0 Å². The first-order valence-corrected chi connectivity index (χ1v) is 5.04. The van der Waals surface area contributed by atoms with Gasteiger partial charge in [-0.1, -0.05) is 0 Å². The molecule has 0 bridgehead atoms. The standard InChI is InChI=1S/C10H17NO3/c12-8-9-4-1-2-6-11(9)7-3-5-10(13)14/h8,12H,1-7H2,(H,13,14). The average Bonchev–Trinajstić information content (AvgIpc) is 2.18. The molecule has 1 aliphatic heterocycles. The quantitative estimate of drug-likeness (QED) is 0.677. The Hall–Kier alpha value is -1.19. The maximum Gasteiger partial charge on any atom is 0.303 e. The van der Waals surface area contributed by atoms with E-state index in [1.165, 1.54) is 0 Å². The van der Waals surface area contributed by atoms with Crippen molar-refractivity contribution >= 4 is 5.97 Å². The second-order valence-electron chi connectivity index (χ2n) is 3.56. The van der Waals surface area contributed by atoms with E-state index in [9.17, 15) is 4.79 Å². The van der Waals surface area contributed by atoms with Crippen LogP contribution in [0.3, 0.4) is 0 Å². The van der Waals surface area contributed by atoms with Gasteiger partial charge in [0.15, 0.2) is 0 Å². The molecule has 0 aromatic carbocycles. The highest BCUT2D eigenvalue weighted by atomic mass is 16.4. The Morgan fingerprint density at radius 1 is 1.50 bits per heavy atom. The lowest BCUT2D eigenvalue weighted by Gasteiger charge is -2.30. The molecule has 14 heavy (non-hydrogen) atoms. The fourth-order valence-electron chi connectivity index (χ4n) is 1.73. The minimum absolute atomic E-state index is 0.204. The van der Waals surface area contributed by atoms with Crippen LogP contribution in [-0.4, -0.2) is 34.2 Å². The zero-order valence-corrected chi connectivity index (χ0v) is 8.28. The highest BCUT2D eigenvalue weighted by Crippen LogP contribution is 2.19. The number of carbonyl (C=O) groups is 1. The van der Waals surface area contributed by atoms with E-state index in [2.05, 4.69) is 4.90 Å². The van der Waals surface area contributed by atoms with Gasteiger partial charge in [0, 0.05) is 25.2 Å². The predicted octanol–water partition coefficient (Wildman–Crippen LogP) is 1.74. The van der Waals surface area contributed by atoms with Crippen molar-refractivity contribution in [3.05, 3.63) is 12.0 Å². The zero-order valence-electron chi connectivity index (χ0n) is 8.28. The van der Waals surface area contributed by atoms with Crippen molar-refractivity contribution in [2.24, 2.45) is 0 Å². The lowest BCUT2D eigenvalue weighted by atomic mass is 10.1. The first-order chi connectivity index (χ1) is 6.74. The second-order valence-corrected chi connectivity index (χ2v) is 3.56. The van der Waals surface area contributed by atoms with Crippen LogP contribution in [0, 0.1) is 0 Å². The number of allylic oxidation sites excluding steroid dienone is 1. The molecule has 0 radical (unpaired) electrons. The molecule has 1 rings (SSSR count). The van der Waals surface area contributed by atoms with Crippen LogP contribution in [0.25, 0.3) is 0 Å². The molecular weight excluding hydrogens is 182 g/mol. The van der Waals surface area contributed by atoms with Crippen LogP contribution in [0.5, 0.6) is 0 Å². The van der Waals surface area contributed by atoms with E-state index in [0.717, 1.165) is 44.3 Å². The van der Waals surface area contributed by atoms with E-state index in [0.29, 0.717) is 6.42 Å². The molecule has 0 aromatic rings. The summed E-state index contributed by atoms with van der Waals surface area (Å²) in [5, 5.41) is 17.4. The van der Waals surface area contributed by atoms with Crippen LogP contribution in [0.15, 0.2) is 12.0 Å². The Kier molecular flexibility index (Phi) is 4.29. The number of aliphatic hydroxyl groups is 1. The van der Waals surface area contributed by atoms with E-state index in [1.54, 1.807) is 0 Å². The molecule has 1 heterocycles.